The van der Waals surface area contributed by atoms with Crippen molar-refractivity contribution in [2.45, 2.75) is 61.7 Å². The van der Waals surface area contributed by atoms with Crippen molar-refractivity contribution < 1.29 is 87.2 Å². The Labute approximate surface area is 260 Å². The van der Waals surface area contributed by atoms with E-state index in [9.17, 15) is 83.1 Å². The zero-order valence-electron chi connectivity index (χ0n) is 22.5. The first-order chi connectivity index (χ1) is 21.5. The Kier molecular flexibility index (Phi) is 9.89. The van der Waals surface area contributed by atoms with Crippen molar-refractivity contribution in [3.8, 4) is 5.75 Å². The van der Waals surface area contributed by atoms with Crippen molar-refractivity contribution in [1.82, 2.24) is 0 Å². The van der Waals surface area contributed by atoms with Crippen LogP contribution in [0.2, 0.25) is 0 Å². The summed E-state index contributed by atoms with van der Waals surface area (Å²) in [6.45, 7) is 0. The summed E-state index contributed by atoms with van der Waals surface area (Å²) in [5.74, 6) is -53.5. The van der Waals surface area contributed by atoms with Gasteiger partial charge >= 0.3 is 57.1 Å². The Hall–Kier alpha value is -3.43. The largest absolute Gasteiger partial charge is 0.460 e. The highest BCUT2D eigenvalue weighted by molar-refractivity contribution is 7.97. The highest BCUT2D eigenvalue weighted by atomic mass is 32.2. The molecule has 0 saturated carbocycles. The van der Waals surface area contributed by atoms with Gasteiger partial charge in [0.15, 0.2) is 14.7 Å². The van der Waals surface area contributed by atoms with Crippen molar-refractivity contribution >= 4 is 21.0 Å². The molecule has 0 aliphatic carbocycles. The second-order valence-electron chi connectivity index (χ2n) is 9.40. The molecule has 0 saturated heterocycles. The van der Waals surface area contributed by atoms with Crippen LogP contribution >= 0.6 is 0 Å². The number of halogens is 17. The molecule has 0 fully saturated rings. The maximum Gasteiger partial charge on any atom is 0.460 e. The van der Waals surface area contributed by atoms with Gasteiger partial charge in [-0.25, -0.2) is 0 Å². The van der Waals surface area contributed by atoms with Gasteiger partial charge in [0, 0.05) is 0 Å². The second kappa shape index (κ2) is 12.2. The number of rotatable bonds is 12. The first-order valence-electron chi connectivity index (χ1n) is 12.1. The van der Waals surface area contributed by atoms with Crippen molar-refractivity contribution in [3.05, 3.63) is 84.9 Å². The van der Waals surface area contributed by atoms with Crippen molar-refractivity contribution in [2.24, 2.45) is 0 Å². The predicted octanol–water partition coefficient (Wildman–Crippen LogP) is 9.46. The molecule has 0 aliphatic rings. The van der Waals surface area contributed by atoms with E-state index in [-0.39, 0.29) is 4.90 Å². The van der Waals surface area contributed by atoms with Crippen molar-refractivity contribution in [2.75, 3.05) is 0 Å². The summed E-state index contributed by atoms with van der Waals surface area (Å²) in [7, 11) is -8.78. The van der Waals surface area contributed by atoms with Crippen molar-refractivity contribution in [1.29, 1.82) is 0 Å². The summed E-state index contributed by atoms with van der Waals surface area (Å²) in [6.07, 6.45) is -7.91. The van der Waals surface area contributed by atoms with Gasteiger partial charge in [-0.1, -0.05) is 36.4 Å². The lowest BCUT2D eigenvalue weighted by atomic mass is 9.91. The molecule has 3 aromatic carbocycles. The van der Waals surface area contributed by atoms with E-state index in [1.165, 1.54) is 0 Å². The Morgan fingerprint density at radius 2 is 0.729 bits per heavy atom. The minimum absolute atomic E-state index is 0.249. The highest BCUT2D eigenvalue weighted by Gasteiger charge is 2.96. The van der Waals surface area contributed by atoms with E-state index in [1.807, 2.05) is 0 Å². The topological polar surface area (TPSA) is 43.4 Å². The van der Waals surface area contributed by atoms with Crippen LogP contribution in [0.15, 0.2) is 99.6 Å². The van der Waals surface area contributed by atoms with Gasteiger partial charge in [0.25, 0.3) is 0 Å². The van der Waals surface area contributed by atoms with Crippen LogP contribution in [0.5, 0.6) is 5.75 Å². The summed E-state index contributed by atoms with van der Waals surface area (Å²) in [5.41, 5.74) is 0. The maximum atomic E-state index is 14.4. The van der Waals surface area contributed by atoms with E-state index in [1.54, 1.807) is 60.7 Å². The average molecular weight is 761 g/mol. The Morgan fingerprint density at radius 1 is 0.417 bits per heavy atom. The zero-order valence-corrected chi connectivity index (χ0v) is 24.2. The summed E-state index contributed by atoms with van der Waals surface area (Å²) < 4.78 is 258. The Morgan fingerprint density at radius 3 is 1.08 bits per heavy atom. The molecular weight excluding hydrogens is 747 g/mol. The standard InChI is InChI=1S/C26H14F17O3S2/c27-19(28,21(31,32)23(35,36)25(39,40)41)20(29,30)22(33,34)24(37,38)26(42,43)48(44,45)46-15-11-13-18(14-12-15)47(16-7-3-1-4-8-16)17-9-5-2-6-10-17/h1-14H/q+1. The molecule has 3 rings (SSSR count). The fraction of sp³-hybridized carbons (Fsp3) is 0.308. The van der Waals surface area contributed by atoms with Crippen LogP contribution in [0.25, 0.3) is 0 Å². The van der Waals surface area contributed by atoms with Crippen LogP contribution in [-0.4, -0.2) is 55.4 Å². The van der Waals surface area contributed by atoms with E-state index < -0.39 is 73.7 Å². The predicted molar refractivity (Wildman–Crippen MR) is 132 cm³/mol. The third-order valence-electron chi connectivity index (χ3n) is 6.23. The lowest BCUT2D eigenvalue weighted by molar-refractivity contribution is -0.458. The Balaban J connectivity index is 2.00. The molecule has 0 atom stereocenters. The number of alkyl halides is 17. The number of hydrogen-bond donors (Lipinski definition) is 0. The zero-order chi connectivity index (χ0) is 37.0. The third kappa shape index (κ3) is 5.91. The van der Waals surface area contributed by atoms with Crippen LogP contribution in [0, 0.1) is 0 Å². The first-order valence-corrected chi connectivity index (χ1v) is 14.8. The maximum absolute atomic E-state index is 14.4. The molecule has 0 bridgehead atoms. The summed E-state index contributed by atoms with van der Waals surface area (Å²) >= 11 is 0. The van der Waals surface area contributed by atoms with Crippen molar-refractivity contribution in [3.63, 3.8) is 0 Å². The minimum atomic E-state index is -8.92. The van der Waals surface area contributed by atoms with Gasteiger partial charge in [0.1, 0.15) is 5.75 Å². The average Bonchev–Trinajstić information content (AvgIpc) is 2.98. The van der Waals surface area contributed by atoms with Crippen LogP contribution in [0.4, 0.5) is 74.6 Å². The van der Waals surface area contributed by atoms with Gasteiger partial charge in [-0.3, -0.25) is 0 Å². The SMILES string of the molecule is O=S(=O)(Oc1ccc([S+](c2ccccc2)c2ccccc2)cc1)C(F)(F)C(F)(F)C(F)(F)C(F)(F)C(F)(F)C(F)(F)C(F)(F)C(F)(F)F. The van der Waals surface area contributed by atoms with Gasteiger partial charge in [0.05, 0.1) is 10.9 Å². The molecule has 0 aliphatic heterocycles. The van der Waals surface area contributed by atoms with Gasteiger partial charge in [0.2, 0.25) is 0 Å². The molecule has 0 spiro atoms. The van der Waals surface area contributed by atoms with Crippen LogP contribution < -0.4 is 4.18 Å². The van der Waals surface area contributed by atoms with E-state index in [2.05, 4.69) is 4.18 Å². The lowest BCUT2D eigenvalue weighted by Gasteiger charge is -2.42. The summed E-state index contributed by atoms with van der Waals surface area (Å²) in [6, 6.07) is 19.1. The monoisotopic (exact) mass is 761 g/mol. The van der Waals surface area contributed by atoms with E-state index in [4.69, 9.17) is 0 Å². The normalized spacial score (nSPS) is 14.7. The third-order valence-corrected chi connectivity index (χ3v) is 9.76. The molecule has 0 unspecified atom stereocenters. The van der Waals surface area contributed by atoms with Gasteiger partial charge in [-0.05, 0) is 48.5 Å². The summed E-state index contributed by atoms with van der Waals surface area (Å²) in [5, 5.41) is -7.78. The lowest BCUT2D eigenvalue weighted by Crippen LogP contribution is -2.75. The van der Waals surface area contributed by atoms with Gasteiger partial charge < -0.3 is 4.18 Å². The Bertz CT molecular complexity index is 1640. The van der Waals surface area contributed by atoms with Gasteiger partial charge in [-0.2, -0.15) is 83.1 Å². The molecule has 48 heavy (non-hydrogen) atoms. The van der Waals surface area contributed by atoms with Crippen LogP contribution in [0.3, 0.4) is 0 Å². The molecule has 0 radical (unpaired) electrons. The molecule has 0 amide bonds. The molecular formula is C26H14F17O3S2+. The molecule has 0 aromatic heterocycles. The van der Waals surface area contributed by atoms with Crippen LogP contribution in [0.1, 0.15) is 0 Å². The molecule has 0 N–H and O–H groups in total. The fourth-order valence-corrected chi connectivity index (χ4v) is 6.63. The fourth-order valence-electron chi connectivity index (χ4n) is 3.64. The van der Waals surface area contributed by atoms with E-state index >= 15 is 0 Å². The van der Waals surface area contributed by atoms with Gasteiger partial charge in [-0.15, -0.1) is 0 Å². The second-order valence-corrected chi connectivity index (χ2v) is 13.0. The molecule has 266 valence electrons. The van der Waals surface area contributed by atoms with E-state index in [0.717, 1.165) is 12.1 Å². The minimum Gasteiger partial charge on any atom is -0.378 e. The number of benzene rings is 3. The summed E-state index contributed by atoms with van der Waals surface area (Å²) in [4.78, 5) is 1.46. The first kappa shape index (κ1) is 39.0. The molecule has 3 nitrogen and oxygen atoms in total. The smallest absolute Gasteiger partial charge is 0.378 e. The number of hydrogen-bond acceptors (Lipinski definition) is 3. The molecule has 3 aromatic rings. The molecule has 0 heterocycles. The van der Waals surface area contributed by atoms with Crippen LogP contribution in [-0.2, 0) is 21.0 Å². The van der Waals surface area contributed by atoms with E-state index in [0.29, 0.717) is 21.9 Å². The quantitative estimate of drug-likeness (QED) is 0.105. The molecule has 22 heteroatoms. The highest BCUT2D eigenvalue weighted by Crippen LogP contribution is 2.64.